The predicted octanol–water partition coefficient (Wildman–Crippen LogP) is 4.47. The van der Waals surface area contributed by atoms with E-state index in [4.69, 9.17) is 10.7 Å². The Balaban J connectivity index is 2.18. The van der Waals surface area contributed by atoms with Gasteiger partial charge in [-0.1, -0.05) is 51.1 Å². The summed E-state index contributed by atoms with van der Waals surface area (Å²) in [6.45, 7) is 4.69. The molecule has 3 rings (SSSR count). The van der Waals surface area contributed by atoms with Crippen molar-refractivity contribution in [1.82, 2.24) is 14.5 Å². The Hall–Kier alpha value is -3.17. The Kier molecular flexibility index (Phi) is 8.92. The molecule has 0 spiro atoms. The van der Waals surface area contributed by atoms with Crippen molar-refractivity contribution in [3.8, 4) is 11.3 Å². The third-order valence-electron chi connectivity index (χ3n) is 5.98. The fraction of sp³-hybridized carbons (Fsp3) is 0.407. The molecule has 0 aliphatic heterocycles. The Bertz CT molecular complexity index is 1160. The van der Waals surface area contributed by atoms with Crippen molar-refractivity contribution in [3.05, 3.63) is 77.8 Å². The van der Waals surface area contributed by atoms with Crippen LogP contribution in [0.15, 0.2) is 54.7 Å². The zero-order chi connectivity index (χ0) is 26.5. The molecule has 1 amide bonds. The van der Waals surface area contributed by atoms with Crippen LogP contribution >= 0.6 is 0 Å². The SMILES string of the molecule is CC(C)(C)[C@H](c1nc(-c2cc(F)ccc2F)cn1Cc1ccccc1)N(CC[C@@H](N)CF)C(=O)CO. The first-order valence-corrected chi connectivity index (χ1v) is 11.8. The van der Waals surface area contributed by atoms with E-state index in [9.17, 15) is 23.1 Å². The molecule has 2 aromatic carbocycles. The number of nitrogens with two attached hydrogens (primary N) is 1. The number of hydrogen-bond acceptors (Lipinski definition) is 4. The van der Waals surface area contributed by atoms with E-state index in [0.29, 0.717) is 12.4 Å². The first-order chi connectivity index (χ1) is 17.0. The van der Waals surface area contributed by atoms with Crippen molar-refractivity contribution in [2.45, 2.75) is 45.8 Å². The van der Waals surface area contributed by atoms with Gasteiger partial charge in [0.05, 0.1) is 11.7 Å². The lowest BCUT2D eigenvalue weighted by Gasteiger charge is -2.40. The number of hydrogen-bond donors (Lipinski definition) is 2. The summed E-state index contributed by atoms with van der Waals surface area (Å²) in [6.07, 6.45) is 1.81. The van der Waals surface area contributed by atoms with Gasteiger partial charge in [0.25, 0.3) is 0 Å². The summed E-state index contributed by atoms with van der Waals surface area (Å²) in [5.41, 5.74) is 6.33. The number of aliphatic hydroxyl groups is 1. The minimum Gasteiger partial charge on any atom is -0.387 e. The van der Waals surface area contributed by atoms with Gasteiger partial charge >= 0.3 is 0 Å². The molecule has 9 heteroatoms. The summed E-state index contributed by atoms with van der Waals surface area (Å²) in [4.78, 5) is 19.1. The van der Waals surface area contributed by atoms with Crippen molar-refractivity contribution in [3.63, 3.8) is 0 Å². The van der Waals surface area contributed by atoms with Crippen molar-refractivity contribution >= 4 is 5.91 Å². The van der Waals surface area contributed by atoms with Crippen molar-refractivity contribution in [1.29, 1.82) is 0 Å². The highest BCUT2D eigenvalue weighted by Crippen LogP contribution is 2.39. The molecule has 194 valence electrons. The van der Waals surface area contributed by atoms with Crippen LogP contribution < -0.4 is 5.73 Å². The van der Waals surface area contributed by atoms with E-state index in [-0.39, 0.29) is 24.2 Å². The minimum atomic E-state index is -0.763. The summed E-state index contributed by atoms with van der Waals surface area (Å²) in [5, 5.41) is 9.73. The van der Waals surface area contributed by atoms with Gasteiger partial charge in [-0.3, -0.25) is 4.79 Å². The molecule has 0 radical (unpaired) electrons. The van der Waals surface area contributed by atoms with Crippen molar-refractivity contribution in [2.24, 2.45) is 11.1 Å². The zero-order valence-electron chi connectivity index (χ0n) is 20.8. The van der Waals surface area contributed by atoms with Gasteiger partial charge in [-0.2, -0.15) is 0 Å². The maximum Gasteiger partial charge on any atom is 0.248 e. The highest BCUT2D eigenvalue weighted by atomic mass is 19.1. The fourth-order valence-corrected chi connectivity index (χ4v) is 4.24. The molecule has 0 saturated carbocycles. The summed E-state index contributed by atoms with van der Waals surface area (Å²) < 4.78 is 43.6. The predicted molar refractivity (Wildman–Crippen MR) is 133 cm³/mol. The normalized spacial score (nSPS) is 13.4. The van der Waals surface area contributed by atoms with Gasteiger partial charge < -0.3 is 20.3 Å². The van der Waals surface area contributed by atoms with Gasteiger partial charge in [0.15, 0.2) is 0 Å². The summed E-state index contributed by atoms with van der Waals surface area (Å²) >= 11 is 0. The zero-order valence-corrected chi connectivity index (χ0v) is 20.8. The second-order valence-corrected chi connectivity index (χ2v) is 9.94. The van der Waals surface area contributed by atoms with Crippen LogP contribution in [0.3, 0.4) is 0 Å². The third kappa shape index (κ3) is 6.53. The number of nitrogens with zero attached hydrogens (tertiary/aromatic N) is 3. The summed E-state index contributed by atoms with van der Waals surface area (Å²) in [7, 11) is 0. The lowest BCUT2D eigenvalue weighted by atomic mass is 9.84. The van der Waals surface area contributed by atoms with Gasteiger partial charge in [0.1, 0.15) is 30.7 Å². The topological polar surface area (TPSA) is 84.4 Å². The first kappa shape index (κ1) is 27.4. The van der Waals surface area contributed by atoms with E-state index in [0.717, 1.165) is 23.8 Å². The Labute approximate surface area is 209 Å². The number of imidazole rings is 1. The molecule has 3 aromatic rings. The molecule has 6 nitrogen and oxygen atoms in total. The molecule has 0 aliphatic rings. The number of aromatic nitrogens is 2. The highest BCUT2D eigenvalue weighted by Gasteiger charge is 2.38. The smallest absolute Gasteiger partial charge is 0.248 e. The molecule has 0 bridgehead atoms. The lowest BCUT2D eigenvalue weighted by molar-refractivity contribution is -0.139. The molecule has 0 aliphatic carbocycles. The van der Waals surface area contributed by atoms with Crippen LogP contribution in [0.2, 0.25) is 0 Å². The molecule has 36 heavy (non-hydrogen) atoms. The third-order valence-corrected chi connectivity index (χ3v) is 5.98. The fourth-order valence-electron chi connectivity index (χ4n) is 4.24. The number of amides is 1. The van der Waals surface area contributed by atoms with E-state index < -0.39 is 48.3 Å². The van der Waals surface area contributed by atoms with Gasteiger partial charge in [-0.25, -0.2) is 18.2 Å². The van der Waals surface area contributed by atoms with Gasteiger partial charge in [0, 0.05) is 30.9 Å². The molecule has 0 saturated heterocycles. The molecular formula is C27H33F3N4O2. The molecule has 1 aromatic heterocycles. The van der Waals surface area contributed by atoms with Gasteiger partial charge in [-0.05, 0) is 35.6 Å². The largest absolute Gasteiger partial charge is 0.387 e. The van der Waals surface area contributed by atoms with Crippen LogP contribution in [0, 0.1) is 17.0 Å². The van der Waals surface area contributed by atoms with Crippen LogP contribution in [-0.4, -0.2) is 51.3 Å². The maximum atomic E-state index is 14.7. The van der Waals surface area contributed by atoms with E-state index in [2.05, 4.69) is 0 Å². The molecule has 2 atom stereocenters. The lowest BCUT2D eigenvalue weighted by Crippen LogP contribution is -2.45. The monoisotopic (exact) mass is 502 g/mol. The van der Waals surface area contributed by atoms with Crippen LogP contribution in [0.1, 0.15) is 44.6 Å². The average molecular weight is 503 g/mol. The Morgan fingerprint density at radius 3 is 2.47 bits per heavy atom. The number of carbonyl (C=O) groups excluding carboxylic acids is 1. The van der Waals surface area contributed by atoms with E-state index in [1.807, 2.05) is 51.1 Å². The number of carbonyl (C=O) groups is 1. The number of aliphatic hydroxyl groups excluding tert-OH is 1. The molecular weight excluding hydrogens is 469 g/mol. The summed E-state index contributed by atoms with van der Waals surface area (Å²) in [5.74, 6) is -1.36. The van der Waals surface area contributed by atoms with E-state index in [1.165, 1.54) is 4.90 Å². The van der Waals surface area contributed by atoms with Crippen LogP contribution in [0.5, 0.6) is 0 Å². The van der Waals surface area contributed by atoms with Gasteiger partial charge in [-0.15, -0.1) is 0 Å². The quantitative estimate of drug-likeness (QED) is 0.429. The van der Waals surface area contributed by atoms with Crippen LogP contribution in [-0.2, 0) is 11.3 Å². The Morgan fingerprint density at radius 2 is 1.86 bits per heavy atom. The van der Waals surface area contributed by atoms with Crippen LogP contribution in [0.25, 0.3) is 11.3 Å². The maximum absolute atomic E-state index is 14.7. The van der Waals surface area contributed by atoms with E-state index >= 15 is 0 Å². The molecule has 0 fully saturated rings. The first-order valence-electron chi connectivity index (χ1n) is 11.8. The highest BCUT2D eigenvalue weighted by molar-refractivity contribution is 5.77. The number of alkyl halides is 1. The minimum absolute atomic E-state index is 0.00444. The second-order valence-electron chi connectivity index (χ2n) is 9.94. The summed E-state index contributed by atoms with van der Waals surface area (Å²) in [6, 6.07) is 11.2. The number of rotatable bonds is 10. The van der Waals surface area contributed by atoms with Crippen molar-refractivity contribution in [2.75, 3.05) is 19.8 Å². The average Bonchev–Trinajstić information content (AvgIpc) is 3.24. The van der Waals surface area contributed by atoms with Crippen LogP contribution in [0.4, 0.5) is 13.2 Å². The number of halogens is 3. The van der Waals surface area contributed by atoms with Gasteiger partial charge in [0.2, 0.25) is 5.91 Å². The number of benzene rings is 2. The Morgan fingerprint density at radius 1 is 1.17 bits per heavy atom. The standard InChI is InChI=1S/C27H33F3N4O2/c1-27(2,3)25(34(24(36)17-35)12-11-20(31)14-28)26-32-23(21-13-19(29)9-10-22(21)30)16-33(26)15-18-7-5-4-6-8-18/h4-10,13,16,20,25,35H,11-12,14-15,17,31H2,1-3H3/t20-,25+/m1/s1. The second kappa shape index (κ2) is 11.7. The molecule has 0 unspecified atom stereocenters. The van der Waals surface area contributed by atoms with E-state index in [1.54, 1.807) is 10.8 Å². The molecule has 1 heterocycles. The van der Waals surface area contributed by atoms with Crippen molar-refractivity contribution < 1.29 is 23.1 Å². The molecule has 3 N–H and O–H groups in total.